The number of amides is 1. The molecule has 0 unspecified atom stereocenters. The lowest BCUT2D eigenvalue weighted by molar-refractivity contribution is -0.110. The van der Waals surface area contributed by atoms with E-state index in [4.69, 9.17) is 4.74 Å². The lowest BCUT2D eigenvalue weighted by atomic mass is 9.99. The lowest BCUT2D eigenvalue weighted by Crippen LogP contribution is -2.05. The highest BCUT2D eigenvalue weighted by molar-refractivity contribution is 6.32. The second-order valence-corrected chi connectivity index (χ2v) is 7.06. The molecule has 2 aliphatic heterocycles. The van der Waals surface area contributed by atoms with Gasteiger partial charge < -0.3 is 10.1 Å². The first kappa shape index (κ1) is 16.5. The zero-order valence-electron chi connectivity index (χ0n) is 14.7. The van der Waals surface area contributed by atoms with Crippen LogP contribution in [0, 0.1) is 5.92 Å². The highest BCUT2D eigenvalue weighted by atomic mass is 16.5. The van der Waals surface area contributed by atoms with Crippen molar-refractivity contribution in [1.82, 2.24) is 0 Å². The zero-order chi connectivity index (χ0) is 17.3. The quantitative estimate of drug-likeness (QED) is 0.806. The van der Waals surface area contributed by atoms with Gasteiger partial charge in [0.2, 0.25) is 0 Å². The minimum atomic E-state index is -0.0649. The number of hydrogen-bond acceptors (Lipinski definition) is 3. The van der Waals surface area contributed by atoms with Crippen molar-refractivity contribution in [3.8, 4) is 5.75 Å². The Kier molecular flexibility index (Phi) is 4.56. The Morgan fingerprint density at radius 1 is 1.29 bits per heavy atom. The van der Waals surface area contributed by atoms with E-state index < -0.39 is 0 Å². The first-order valence-electron chi connectivity index (χ1n) is 8.51. The standard InChI is InChI=1S/C20H24N2O2/c1-12(2)7-15-8-14(11-21-15)9-18-17-10-16(24-13(3)4)5-6-19(17)22-20(18)23/h5-6,9-13H,7-8H2,1-4H3,(H,22,23)/b18-9-. The van der Waals surface area contributed by atoms with Crippen molar-refractivity contribution in [2.45, 2.75) is 46.6 Å². The Bertz CT molecular complexity index is 755. The normalized spacial score (nSPS) is 18.1. The van der Waals surface area contributed by atoms with Crippen LogP contribution in [0.1, 0.15) is 46.1 Å². The highest BCUT2D eigenvalue weighted by Gasteiger charge is 2.25. The van der Waals surface area contributed by atoms with Gasteiger partial charge in [-0.1, -0.05) is 13.8 Å². The van der Waals surface area contributed by atoms with Gasteiger partial charge in [-0.2, -0.15) is 0 Å². The first-order valence-corrected chi connectivity index (χ1v) is 8.51. The fourth-order valence-electron chi connectivity index (χ4n) is 3.03. The lowest BCUT2D eigenvalue weighted by Gasteiger charge is -2.10. The number of benzene rings is 1. The smallest absolute Gasteiger partial charge is 0.256 e. The van der Waals surface area contributed by atoms with Crippen molar-refractivity contribution in [3.63, 3.8) is 0 Å². The van der Waals surface area contributed by atoms with Gasteiger partial charge in [0.25, 0.3) is 5.91 Å². The van der Waals surface area contributed by atoms with Gasteiger partial charge in [0, 0.05) is 35.2 Å². The number of anilines is 1. The number of aliphatic imine (C=N–C) groups is 1. The van der Waals surface area contributed by atoms with Crippen molar-refractivity contribution in [3.05, 3.63) is 41.6 Å². The Balaban J connectivity index is 1.82. The van der Waals surface area contributed by atoms with Crippen LogP contribution in [0.2, 0.25) is 0 Å². The summed E-state index contributed by atoms with van der Waals surface area (Å²) in [4.78, 5) is 16.8. The van der Waals surface area contributed by atoms with Crippen molar-refractivity contribution in [1.29, 1.82) is 0 Å². The minimum Gasteiger partial charge on any atom is -0.491 e. The van der Waals surface area contributed by atoms with Crippen molar-refractivity contribution in [2.75, 3.05) is 5.32 Å². The van der Waals surface area contributed by atoms with Gasteiger partial charge >= 0.3 is 0 Å². The summed E-state index contributed by atoms with van der Waals surface area (Å²) in [6.45, 7) is 8.36. The summed E-state index contributed by atoms with van der Waals surface area (Å²) >= 11 is 0. The molecule has 4 nitrogen and oxygen atoms in total. The van der Waals surface area contributed by atoms with E-state index in [2.05, 4.69) is 24.2 Å². The topological polar surface area (TPSA) is 50.7 Å². The third-order valence-electron chi connectivity index (χ3n) is 3.94. The van der Waals surface area contributed by atoms with Crippen LogP contribution in [0.4, 0.5) is 5.69 Å². The van der Waals surface area contributed by atoms with E-state index in [0.717, 1.165) is 35.4 Å². The Morgan fingerprint density at radius 2 is 2.08 bits per heavy atom. The van der Waals surface area contributed by atoms with E-state index in [1.807, 2.05) is 44.3 Å². The van der Waals surface area contributed by atoms with Gasteiger partial charge in [-0.3, -0.25) is 9.79 Å². The van der Waals surface area contributed by atoms with E-state index in [9.17, 15) is 4.79 Å². The number of hydrogen-bond donors (Lipinski definition) is 1. The predicted molar refractivity (Wildman–Crippen MR) is 98.4 cm³/mol. The maximum atomic E-state index is 12.3. The summed E-state index contributed by atoms with van der Waals surface area (Å²) in [6.07, 6.45) is 5.76. The van der Waals surface area contributed by atoms with Crippen LogP contribution in [-0.2, 0) is 4.79 Å². The van der Waals surface area contributed by atoms with E-state index >= 15 is 0 Å². The molecule has 0 aromatic heterocycles. The van der Waals surface area contributed by atoms with Crippen LogP contribution in [0.25, 0.3) is 5.57 Å². The largest absolute Gasteiger partial charge is 0.491 e. The van der Waals surface area contributed by atoms with E-state index in [-0.39, 0.29) is 12.0 Å². The molecule has 1 aromatic rings. The van der Waals surface area contributed by atoms with E-state index in [0.29, 0.717) is 11.5 Å². The Hall–Kier alpha value is -2.36. The average Bonchev–Trinajstić information content (AvgIpc) is 3.04. The zero-order valence-corrected chi connectivity index (χ0v) is 14.7. The number of allylic oxidation sites excluding steroid dienone is 2. The van der Waals surface area contributed by atoms with Gasteiger partial charge in [0.1, 0.15) is 5.75 Å². The molecule has 0 spiro atoms. The monoisotopic (exact) mass is 324 g/mol. The maximum Gasteiger partial charge on any atom is 0.256 e. The van der Waals surface area contributed by atoms with Gasteiger partial charge in [0.15, 0.2) is 0 Å². The summed E-state index contributed by atoms with van der Waals surface area (Å²) in [5.41, 5.74) is 4.69. The number of carbonyl (C=O) groups is 1. The van der Waals surface area contributed by atoms with Crippen molar-refractivity contribution < 1.29 is 9.53 Å². The SMILES string of the molecule is CC(C)CC1=NC=C(/C=C2\C(=O)Nc3ccc(OC(C)C)cc32)C1. The molecule has 24 heavy (non-hydrogen) atoms. The van der Waals surface area contributed by atoms with Crippen LogP contribution in [-0.4, -0.2) is 17.7 Å². The summed E-state index contributed by atoms with van der Waals surface area (Å²) in [5, 5.41) is 2.92. The van der Waals surface area contributed by atoms with Crippen LogP contribution in [0.5, 0.6) is 5.75 Å². The molecule has 2 heterocycles. The molecule has 0 fully saturated rings. The highest BCUT2D eigenvalue weighted by Crippen LogP contribution is 2.36. The Labute approximate surface area is 143 Å². The molecule has 1 N–H and O–H groups in total. The number of nitrogens with zero attached hydrogens (tertiary/aromatic N) is 1. The maximum absolute atomic E-state index is 12.3. The summed E-state index contributed by atoms with van der Waals surface area (Å²) in [5.74, 6) is 1.31. The number of carbonyl (C=O) groups excluding carboxylic acids is 1. The third-order valence-corrected chi connectivity index (χ3v) is 3.94. The molecule has 0 radical (unpaired) electrons. The molecule has 126 valence electrons. The van der Waals surface area contributed by atoms with E-state index in [1.54, 1.807) is 0 Å². The average molecular weight is 324 g/mol. The molecule has 1 amide bonds. The van der Waals surface area contributed by atoms with Gasteiger partial charge in [-0.05, 0) is 56.0 Å². The van der Waals surface area contributed by atoms with Crippen molar-refractivity contribution >= 4 is 22.9 Å². The van der Waals surface area contributed by atoms with E-state index in [1.165, 1.54) is 5.71 Å². The number of ether oxygens (including phenoxy) is 1. The van der Waals surface area contributed by atoms with Crippen LogP contribution in [0.15, 0.2) is 41.0 Å². The fourth-order valence-corrected chi connectivity index (χ4v) is 3.03. The summed E-state index contributed by atoms with van der Waals surface area (Å²) in [7, 11) is 0. The minimum absolute atomic E-state index is 0.0649. The molecule has 3 rings (SSSR count). The van der Waals surface area contributed by atoms with Gasteiger partial charge in [0.05, 0.1) is 6.10 Å². The predicted octanol–water partition coefficient (Wildman–Crippen LogP) is 4.58. The molecule has 0 saturated carbocycles. The van der Waals surface area contributed by atoms with Crippen LogP contribution < -0.4 is 10.1 Å². The third kappa shape index (κ3) is 3.58. The molecule has 0 aliphatic carbocycles. The number of rotatable bonds is 5. The number of fused-ring (bicyclic) bond motifs is 1. The van der Waals surface area contributed by atoms with Gasteiger partial charge in [-0.25, -0.2) is 0 Å². The van der Waals surface area contributed by atoms with Gasteiger partial charge in [-0.15, -0.1) is 0 Å². The fraction of sp³-hybridized carbons (Fsp3) is 0.400. The first-order chi connectivity index (χ1) is 11.4. The molecule has 0 atom stereocenters. The number of nitrogens with one attached hydrogen (secondary N) is 1. The second kappa shape index (κ2) is 6.63. The molecular weight excluding hydrogens is 300 g/mol. The van der Waals surface area contributed by atoms with Crippen molar-refractivity contribution in [2.24, 2.45) is 10.9 Å². The summed E-state index contributed by atoms with van der Waals surface area (Å²) < 4.78 is 5.75. The van der Waals surface area contributed by atoms with Crippen LogP contribution >= 0.6 is 0 Å². The molecule has 0 saturated heterocycles. The second-order valence-electron chi connectivity index (χ2n) is 7.06. The summed E-state index contributed by atoms with van der Waals surface area (Å²) in [6, 6.07) is 5.72. The molecule has 1 aromatic carbocycles. The Morgan fingerprint density at radius 3 is 2.79 bits per heavy atom. The molecule has 4 heteroatoms. The molecular formula is C20H24N2O2. The molecule has 2 aliphatic rings. The van der Waals surface area contributed by atoms with Crippen LogP contribution in [0.3, 0.4) is 0 Å². The molecule has 0 bridgehead atoms.